The third kappa shape index (κ3) is 4.76. The van der Waals surface area contributed by atoms with Crippen LogP contribution < -0.4 is 10.9 Å². The fourth-order valence-electron chi connectivity index (χ4n) is 2.36. The summed E-state index contributed by atoms with van der Waals surface area (Å²) in [6.45, 7) is 3.27. The number of amides is 1. The van der Waals surface area contributed by atoms with Gasteiger partial charge in [0.15, 0.2) is 0 Å². The van der Waals surface area contributed by atoms with E-state index in [2.05, 4.69) is 10.4 Å². The van der Waals surface area contributed by atoms with Gasteiger partial charge in [0.05, 0.1) is 5.69 Å². The first-order chi connectivity index (χ1) is 11.9. The molecule has 1 heterocycles. The molecule has 132 valence electrons. The van der Waals surface area contributed by atoms with Crippen LogP contribution in [0, 0.1) is 5.92 Å². The Morgan fingerprint density at radius 3 is 2.48 bits per heavy atom. The van der Waals surface area contributed by atoms with Crippen molar-refractivity contribution in [2.75, 3.05) is 0 Å². The lowest BCUT2D eigenvalue weighted by Gasteiger charge is -2.20. The van der Waals surface area contributed by atoms with Gasteiger partial charge in [0.2, 0.25) is 5.91 Å². The van der Waals surface area contributed by atoms with Crippen LogP contribution in [0.15, 0.2) is 47.3 Å². The van der Waals surface area contributed by atoms with E-state index in [1.165, 1.54) is 6.07 Å². The highest BCUT2D eigenvalue weighted by molar-refractivity contribution is 5.83. The molecule has 2 aromatic rings. The number of carboxylic acid groups (broad SMARTS) is 1. The third-order valence-corrected chi connectivity index (χ3v) is 4.03. The number of carboxylic acids is 1. The minimum absolute atomic E-state index is 0.221. The largest absolute Gasteiger partial charge is 0.480 e. The molecule has 0 aliphatic heterocycles. The first-order valence-electron chi connectivity index (χ1n) is 8.08. The predicted octanol–water partition coefficient (Wildman–Crippen LogP) is 1.53. The Hall–Kier alpha value is -2.96. The molecule has 2 N–H and O–H groups in total. The molecule has 25 heavy (non-hydrogen) atoms. The summed E-state index contributed by atoms with van der Waals surface area (Å²) >= 11 is 0. The lowest BCUT2D eigenvalue weighted by molar-refractivity contribution is -0.143. The maximum absolute atomic E-state index is 12.2. The van der Waals surface area contributed by atoms with Crippen LogP contribution in [0.3, 0.4) is 0 Å². The topological polar surface area (TPSA) is 101 Å². The third-order valence-electron chi connectivity index (χ3n) is 4.03. The van der Waals surface area contributed by atoms with Gasteiger partial charge < -0.3 is 10.4 Å². The molecular weight excluding hydrogens is 322 g/mol. The highest BCUT2D eigenvalue weighted by Gasteiger charge is 2.25. The molecule has 0 radical (unpaired) electrons. The molecule has 0 aliphatic rings. The minimum atomic E-state index is -1.10. The summed E-state index contributed by atoms with van der Waals surface area (Å²) in [7, 11) is 0. The van der Waals surface area contributed by atoms with Crippen molar-refractivity contribution in [3.63, 3.8) is 0 Å². The molecule has 0 unspecified atom stereocenters. The second kappa shape index (κ2) is 8.23. The van der Waals surface area contributed by atoms with Gasteiger partial charge in [-0.2, -0.15) is 5.10 Å². The van der Waals surface area contributed by atoms with E-state index in [0.29, 0.717) is 12.1 Å². The van der Waals surface area contributed by atoms with E-state index in [1.807, 2.05) is 37.3 Å². The van der Waals surface area contributed by atoms with Crippen LogP contribution in [0.2, 0.25) is 0 Å². The first-order valence-corrected chi connectivity index (χ1v) is 8.08. The molecule has 0 aliphatic carbocycles. The van der Waals surface area contributed by atoms with Crippen LogP contribution in [0.5, 0.6) is 0 Å². The van der Waals surface area contributed by atoms with Gasteiger partial charge in [-0.05, 0) is 12.0 Å². The average Bonchev–Trinajstić information content (AvgIpc) is 2.61. The van der Waals surface area contributed by atoms with Crippen molar-refractivity contribution in [3.05, 3.63) is 52.8 Å². The van der Waals surface area contributed by atoms with E-state index in [4.69, 9.17) is 0 Å². The van der Waals surface area contributed by atoms with Gasteiger partial charge in [0.1, 0.15) is 12.6 Å². The maximum atomic E-state index is 12.2. The molecule has 7 nitrogen and oxygen atoms in total. The van der Waals surface area contributed by atoms with Gasteiger partial charge in [0.25, 0.3) is 5.56 Å². The highest BCUT2D eigenvalue weighted by atomic mass is 16.4. The normalized spacial score (nSPS) is 13.0. The summed E-state index contributed by atoms with van der Waals surface area (Å²) in [6, 6.07) is 11.2. The average molecular weight is 343 g/mol. The quantitative estimate of drug-likeness (QED) is 0.794. The number of nitrogens with zero attached hydrogens (tertiary/aromatic N) is 2. The van der Waals surface area contributed by atoms with Crippen LogP contribution in [0.4, 0.5) is 0 Å². The molecule has 0 saturated carbocycles. The molecule has 0 spiro atoms. The number of nitrogens with one attached hydrogen (secondary N) is 1. The van der Waals surface area contributed by atoms with Crippen LogP contribution in [-0.2, 0) is 16.1 Å². The minimum Gasteiger partial charge on any atom is -0.480 e. The van der Waals surface area contributed by atoms with E-state index in [9.17, 15) is 19.5 Å². The zero-order chi connectivity index (χ0) is 18.4. The summed E-state index contributed by atoms with van der Waals surface area (Å²) in [5.74, 6) is -1.88. The lowest BCUT2D eigenvalue weighted by atomic mass is 9.99. The zero-order valence-electron chi connectivity index (χ0n) is 14.2. The van der Waals surface area contributed by atoms with Crippen molar-refractivity contribution in [3.8, 4) is 11.3 Å². The second-order valence-corrected chi connectivity index (χ2v) is 5.85. The van der Waals surface area contributed by atoms with Crippen LogP contribution >= 0.6 is 0 Å². The second-order valence-electron chi connectivity index (χ2n) is 5.85. The summed E-state index contributed by atoms with van der Waals surface area (Å²) in [5, 5.41) is 15.9. The van der Waals surface area contributed by atoms with Crippen molar-refractivity contribution in [1.82, 2.24) is 15.1 Å². The number of carbonyl (C=O) groups excluding carboxylic acids is 1. The summed E-state index contributed by atoms with van der Waals surface area (Å²) in [4.78, 5) is 35.4. The predicted molar refractivity (Wildman–Crippen MR) is 93.0 cm³/mol. The number of aliphatic carboxylic acids is 1. The molecular formula is C18H21N3O4. The van der Waals surface area contributed by atoms with Crippen molar-refractivity contribution >= 4 is 11.9 Å². The SMILES string of the molecule is CC[C@H](C)[C@H](NC(=O)Cn1nc(-c2ccccc2)ccc1=O)C(=O)O. The maximum Gasteiger partial charge on any atom is 0.326 e. The van der Waals surface area contributed by atoms with Gasteiger partial charge in [0, 0.05) is 11.6 Å². The molecule has 1 amide bonds. The van der Waals surface area contributed by atoms with E-state index >= 15 is 0 Å². The van der Waals surface area contributed by atoms with Crippen molar-refractivity contribution in [1.29, 1.82) is 0 Å². The molecule has 2 rings (SSSR count). The van der Waals surface area contributed by atoms with Gasteiger partial charge in [-0.3, -0.25) is 9.59 Å². The van der Waals surface area contributed by atoms with Crippen LogP contribution in [0.1, 0.15) is 20.3 Å². The molecule has 2 atom stereocenters. The van der Waals surface area contributed by atoms with E-state index in [0.717, 1.165) is 10.2 Å². The van der Waals surface area contributed by atoms with Crippen LogP contribution in [-0.4, -0.2) is 32.8 Å². The monoisotopic (exact) mass is 343 g/mol. The Kier molecular flexibility index (Phi) is 6.05. The van der Waals surface area contributed by atoms with Crippen molar-refractivity contribution in [2.45, 2.75) is 32.9 Å². The van der Waals surface area contributed by atoms with Gasteiger partial charge in [-0.1, -0.05) is 50.6 Å². The highest BCUT2D eigenvalue weighted by Crippen LogP contribution is 2.14. The standard InChI is InChI=1S/C18H21N3O4/c1-3-12(2)17(18(24)25)19-15(22)11-21-16(23)10-9-14(20-21)13-7-5-4-6-8-13/h4-10,12,17H,3,11H2,1-2H3,(H,19,22)(H,24,25)/t12-,17-/m0/s1. The molecule has 7 heteroatoms. The number of aromatic nitrogens is 2. The Morgan fingerprint density at radius 1 is 1.20 bits per heavy atom. The number of rotatable bonds is 7. The smallest absolute Gasteiger partial charge is 0.326 e. The zero-order valence-corrected chi connectivity index (χ0v) is 14.2. The van der Waals surface area contributed by atoms with Gasteiger partial charge in [-0.15, -0.1) is 0 Å². The van der Waals surface area contributed by atoms with E-state index < -0.39 is 23.5 Å². The molecule has 1 aromatic carbocycles. The van der Waals surface area contributed by atoms with E-state index in [-0.39, 0.29) is 12.5 Å². The van der Waals surface area contributed by atoms with Crippen LogP contribution in [0.25, 0.3) is 11.3 Å². The molecule has 0 bridgehead atoms. The summed E-state index contributed by atoms with van der Waals surface area (Å²) in [5.41, 5.74) is 0.953. The number of hydrogen-bond acceptors (Lipinski definition) is 4. The number of hydrogen-bond donors (Lipinski definition) is 2. The molecule has 0 fully saturated rings. The first kappa shape index (κ1) is 18.4. The Bertz CT molecular complexity index is 801. The Labute approximate surface area is 145 Å². The lowest BCUT2D eigenvalue weighted by Crippen LogP contribution is -2.47. The van der Waals surface area contributed by atoms with Crippen molar-refractivity contribution < 1.29 is 14.7 Å². The number of carbonyl (C=O) groups is 2. The fourth-order valence-corrected chi connectivity index (χ4v) is 2.36. The van der Waals surface area contributed by atoms with E-state index in [1.54, 1.807) is 13.0 Å². The van der Waals surface area contributed by atoms with Gasteiger partial charge >= 0.3 is 5.97 Å². The fraction of sp³-hybridized carbons (Fsp3) is 0.333. The molecule has 1 aromatic heterocycles. The van der Waals surface area contributed by atoms with Crippen molar-refractivity contribution in [2.24, 2.45) is 5.92 Å². The Balaban J connectivity index is 2.18. The number of benzene rings is 1. The summed E-state index contributed by atoms with van der Waals surface area (Å²) in [6.07, 6.45) is 0.610. The molecule has 0 saturated heterocycles. The Morgan fingerprint density at radius 2 is 1.88 bits per heavy atom. The summed E-state index contributed by atoms with van der Waals surface area (Å²) < 4.78 is 1.03. The van der Waals surface area contributed by atoms with Gasteiger partial charge in [-0.25, -0.2) is 9.48 Å².